The minimum Gasteiger partial charge on any atom is -0.339 e. The Morgan fingerprint density at radius 1 is 1.50 bits per heavy atom. The zero-order valence-corrected chi connectivity index (χ0v) is 10.0. The standard InChI is InChI=1S/C11H20N4O/c1-3-15-6-4-9(5-7-15)11-13-10(8(2)12)14-16-11/h8-9H,3-7,12H2,1-2H3. The van der Waals surface area contributed by atoms with E-state index in [1.165, 1.54) is 0 Å². The fourth-order valence-electron chi connectivity index (χ4n) is 2.09. The first-order valence-corrected chi connectivity index (χ1v) is 6.02. The van der Waals surface area contributed by atoms with E-state index < -0.39 is 0 Å². The predicted molar refractivity (Wildman–Crippen MR) is 61.0 cm³/mol. The number of hydrogen-bond acceptors (Lipinski definition) is 5. The highest BCUT2D eigenvalue weighted by atomic mass is 16.5. The molecule has 5 nitrogen and oxygen atoms in total. The van der Waals surface area contributed by atoms with Crippen LogP contribution in [0.1, 0.15) is 50.4 Å². The number of nitrogens with zero attached hydrogens (tertiary/aromatic N) is 3. The third kappa shape index (κ3) is 2.41. The summed E-state index contributed by atoms with van der Waals surface area (Å²) in [5.41, 5.74) is 5.71. The first-order valence-electron chi connectivity index (χ1n) is 6.02. The summed E-state index contributed by atoms with van der Waals surface area (Å²) in [7, 11) is 0. The molecule has 90 valence electrons. The van der Waals surface area contributed by atoms with E-state index in [0.717, 1.165) is 38.4 Å². The van der Waals surface area contributed by atoms with E-state index in [-0.39, 0.29) is 6.04 Å². The van der Waals surface area contributed by atoms with Crippen LogP contribution in [0, 0.1) is 0 Å². The maximum atomic E-state index is 5.71. The first-order chi connectivity index (χ1) is 7.70. The van der Waals surface area contributed by atoms with Gasteiger partial charge < -0.3 is 15.2 Å². The second kappa shape index (κ2) is 4.93. The molecule has 0 bridgehead atoms. The number of rotatable bonds is 3. The van der Waals surface area contributed by atoms with Crippen LogP contribution in [0.25, 0.3) is 0 Å². The van der Waals surface area contributed by atoms with Crippen molar-refractivity contribution in [3.05, 3.63) is 11.7 Å². The zero-order chi connectivity index (χ0) is 11.5. The summed E-state index contributed by atoms with van der Waals surface area (Å²) in [4.78, 5) is 6.81. The van der Waals surface area contributed by atoms with E-state index >= 15 is 0 Å². The summed E-state index contributed by atoms with van der Waals surface area (Å²) in [5, 5.41) is 3.91. The summed E-state index contributed by atoms with van der Waals surface area (Å²) in [6, 6.07) is -0.145. The van der Waals surface area contributed by atoms with Gasteiger partial charge in [0.1, 0.15) is 0 Å². The molecule has 1 fully saturated rings. The molecule has 1 unspecified atom stereocenters. The van der Waals surface area contributed by atoms with Gasteiger partial charge in [-0.3, -0.25) is 0 Å². The molecular formula is C11H20N4O. The van der Waals surface area contributed by atoms with Crippen LogP contribution in [-0.4, -0.2) is 34.7 Å². The Morgan fingerprint density at radius 3 is 2.69 bits per heavy atom. The second-order valence-corrected chi connectivity index (χ2v) is 4.49. The van der Waals surface area contributed by atoms with E-state index in [4.69, 9.17) is 10.3 Å². The molecule has 0 aliphatic carbocycles. The van der Waals surface area contributed by atoms with Crippen LogP contribution < -0.4 is 5.73 Å². The van der Waals surface area contributed by atoms with Gasteiger partial charge in [0.25, 0.3) is 0 Å². The SMILES string of the molecule is CCN1CCC(c2nc(C(C)N)no2)CC1. The van der Waals surface area contributed by atoms with Crippen LogP contribution in [0.4, 0.5) is 0 Å². The van der Waals surface area contributed by atoms with Crippen molar-refractivity contribution in [1.29, 1.82) is 0 Å². The number of piperidine rings is 1. The van der Waals surface area contributed by atoms with Crippen molar-refractivity contribution >= 4 is 0 Å². The summed E-state index contributed by atoms with van der Waals surface area (Å²) in [5.74, 6) is 1.80. The number of likely N-dealkylation sites (tertiary alicyclic amines) is 1. The number of nitrogens with two attached hydrogens (primary N) is 1. The average Bonchev–Trinajstić information content (AvgIpc) is 2.78. The van der Waals surface area contributed by atoms with Crippen molar-refractivity contribution in [1.82, 2.24) is 15.0 Å². The zero-order valence-electron chi connectivity index (χ0n) is 10.0. The molecule has 1 saturated heterocycles. The summed E-state index contributed by atoms with van der Waals surface area (Å²) < 4.78 is 5.27. The van der Waals surface area contributed by atoms with Gasteiger partial charge >= 0.3 is 0 Å². The summed E-state index contributed by atoms with van der Waals surface area (Å²) >= 11 is 0. The molecule has 1 aliphatic rings. The molecule has 0 aromatic carbocycles. The third-order valence-electron chi connectivity index (χ3n) is 3.25. The van der Waals surface area contributed by atoms with Crippen LogP contribution in [0.2, 0.25) is 0 Å². The Balaban J connectivity index is 1.97. The Bertz CT molecular complexity index is 328. The lowest BCUT2D eigenvalue weighted by Crippen LogP contribution is -2.32. The fourth-order valence-corrected chi connectivity index (χ4v) is 2.09. The lowest BCUT2D eigenvalue weighted by Gasteiger charge is -2.28. The largest absolute Gasteiger partial charge is 0.339 e. The molecule has 0 saturated carbocycles. The highest BCUT2D eigenvalue weighted by Gasteiger charge is 2.24. The molecule has 0 amide bonds. The van der Waals surface area contributed by atoms with Crippen molar-refractivity contribution in [3.63, 3.8) is 0 Å². The van der Waals surface area contributed by atoms with Crippen LogP contribution >= 0.6 is 0 Å². The van der Waals surface area contributed by atoms with Gasteiger partial charge in [-0.1, -0.05) is 12.1 Å². The summed E-state index contributed by atoms with van der Waals surface area (Å²) in [6.07, 6.45) is 2.21. The van der Waals surface area contributed by atoms with E-state index in [0.29, 0.717) is 11.7 Å². The van der Waals surface area contributed by atoms with Crippen molar-refractivity contribution < 1.29 is 4.52 Å². The second-order valence-electron chi connectivity index (χ2n) is 4.49. The van der Waals surface area contributed by atoms with E-state index in [2.05, 4.69) is 22.0 Å². The van der Waals surface area contributed by atoms with Gasteiger partial charge in [-0.2, -0.15) is 4.98 Å². The minimum absolute atomic E-state index is 0.145. The maximum Gasteiger partial charge on any atom is 0.229 e. The molecule has 5 heteroatoms. The molecule has 0 spiro atoms. The van der Waals surface area contributed by atoms with E-state index in [1.807, 2.05) is 6.92 Å². The van der Waals surface area contributed by atoms with Crippen LogP contribution in [0.3, 0.4) is 0 Å². The molecule has 0 radical (unpaired) electrons. The van der Waals surface area contributed by atoms with Gasteiger partial charge in [-0.15, -0.1) is 0 Å². The Kier molecular flexibility index (Phi) is 3.56. The molecule has 16 heavy (non-hydrogen) atoms. The molecular weight excluding hydrogens is 204 g/mol. The minimum atomic E-state index is -0.145. The maximum absolute atomic E-state index is 5.71. The molecule has 1 aromatic heterocycles. The average molecular weight is 224 g/mol. The molecule has 2 N–H and O–H groups in total. The number of aromatic nitrogens is 2. The van der Waals surface area contributed by atoms with Gasteiger partial charge in [-0.05, 0) is 39.4 Å². The lowest BCUT2D eigenvalue weighted by molar-refractivity contribution is 0.202. The monoisotopic (exact) mass is 224 g/mol. The highest BCUT2D eigenvalue weighted by molar-refractivity contribution is 4.98. The van der Waals surface area contributed by atoms with Crippen molar-refractivity contribution in [3.8, 4) is 0 Å². The van der Waals surface area contributed by atoms with Crippen molar-refractivity contribution in [2.45, 2.75) is 38.6 Å². The molecule has 1 atom stereocenters. The Morgan fingerprint density at radius 2 is 2.19 bits per heavy atom. The normalized spacial score (nSPS) is 21.2. The van der Waals surface area contributed by atoms with Crippen molar-refractivity contribution in [2.24, 2.45) is 5.73 Å². The number of hydrogen-bond donors (Lipinski definition) is 1. The van der Waals surface area contributed by atoms with E-state index in [9.17, 15) is 0 Å². The Labute approximate surface area is 96.0 Å². The topological polar surface area (TPSA) is 68.2 Å². The van der Waals surface area contributed by atoms with E-state index in [1.54, 1.807) is 0 Å². The van der Waals surface area contributed by atoms with Gasteiger partial charge in [0, 0.05) is 5.92 Å². The van der Waals surface area contributed by atoms with Gasteiger partial charge in [0.05, 0.1) is 6.04 Å². The third-order valence-corrected chi connectivity index (χ3v) is 3.25. The van der Waals surface area contributed by atoms with Crippen LogP contribution in [0.5, 0.6) is 0 Å². The van der Waals surface area contributed by atoms with Gasteiger partial charge in [0.15, 0.2) is 5.82 Å². The first kappa shape index (κ1) is 11.5. The van der Waals surface area contributed by atoms with Crippen LogP contribution in [-0.2, 0) is 0 Å². The van der Waals surface area contributed by atoms with Crippen molar-refractivity contribution in [2.75, 3.05) is 19.6 Å². The molecule has 2 rings (SSSR count). The van der Waals surface area contributed by atoms with Gasteiger partial charge in [0.2, 0.25) is 5.89 Å². The highest BCUT2D eigenvalue weighted by Crippen LogP contribution is 2.26. The predicted octanol–water partition coefficient (Wildman–Crippen LogP) is 1.29. The fraction of sp³-hybridized carbons (Fsp3) is 0.818. The molecule has 1 aromatic rings. The van der Waals surface area contributed by atoms with Gasteiger partial charge in [-0.25, -0.2) is 0 Å². The lowest BCUT2D eigenvalue weighted by atomic mass is 9.97. The quantitative estimate of drug-likeness (QED) is 0.837. The smallest absolute Gasteiger partial charge is 0.229 e. The Hall–Kier alpha value is -0.940. The van der Waals surface area contributed by atoms with Crippen LogP contribution in [0.15, 0.2) is 4.52 Å². The molecule has 1 aliphatic heterocycles. The summed E-state index contributed by atoms with van der Waals surface area (Å²) in [6.45, 7) is 7.44. The molecule has 2 heterocycles.